The number of hydrogen-bond donors (Lipinski definition) is 2. The molecule has 1 aliphatic rings. The summed E-state index contributed by atoms with van der Waals surface area (Å²) in [5, 5.41) is 20.6. The first-order valence-corrected chi connectivity index (χ1v) is 6.70. The number of carboxylic acid groups (broad SMARTS) is 1. The van der Waals surface area contributed by atoms with E-state index in [0.29, 0.717) is 25.9 Å². The maximum absolute atomic E-state index is 11.0. The molecule has 0 aliphatic carbocycles. The first-order valence-electron chi connectivity index (χ1n) is 6.70. The number of carboxylic acids is 1. The third-order valence-corrected chi connectivity index (χ3v) is 3.87. The predicted octanol–water partition coefficient (Wildman–Crippen LogP) is 2.24. The maximum Gasteiger partial charge on any atom is 0.306 e. The second-order valence-corrected chi connectivity index (χ2v) is 5.14. The monoisotopic (exact) mass is 272 g/mol. The van der Waals surface area contributed by atoms with Crippen LogP contribution in [0, 0.1) is 5.92 Å². The van der Waals surface area contributed by atoms with Crippen molar-refractivity contribution in [3.8, 4) is 5.75 Å². The maximum atomic E-state index is 11.0. The van der Waals surface area contributed by atoms with E-state index in [0.717, 1.165) is 16.6 Å². The van der Waals surface area contributed by atoms with Crippen LogP contribution < -0.4 is 4.90 Å². The van der Waals surface area contributed by atoms with Crippen LogP contribution in [0.15, 0.2) is 30.5 Å². The fourth-order valence-corrected chi connectivity index (χ4v) is 2.73. The molecule has 104 valence electrons. The number of phenolic OH excluding ortho intramolecular Hbond substituents is 1. The first kappa shape index (κ1) is 12.7. The van der Waals surface area contributed by atoms with Crippen LogP contribution >= 0.6 is 0 Å². The van der Waals surface area contributed by atoms with Crippen LogP contribution in [-0.2, 0) is 4.79 Å². The van der Waals surface area contributed by atoms with Crippen molar-refractivity contribution in [3.63, 3.8) is 0 Å². The lowest BCUT2D eigenvalue weighted by Crippen LogP contribution is -2.36. The zero-order valence-corrected chi connectivity index (χ0v) is 11.0. The van der Waals surface area contributed by atoms with Crippen LogP contribution in [0.2, 0.25) is 0 Å². The molecule has 1 saturated heterocycles. The summed E-state index contributed by atoms with van der Waals surface area (Å²) in [6.45, 7) is 1.36. The standard InChI is InChI=1S/C15H16N2O3/c18-12-2-1-10-3-6-16-14(13(10)9-12)17-7-4-11(5-8-17)15(19)20/h1-3,6,9,11,18H,4-5,7-8H2,(H,19,20). The van der Waals surface area contributed by atoms with Crippen molar-refractivity contribution in [1.29, 1.82) is 0 Å². The largest absolute Gasteiger partial charge is 0.508 e. The van der Waals surface area contributed by atoms with Gasteiger partial charge in [-0.05, 0) is 36.4 Å². The van der Waals surface area contributed by atoms with Crippen molar-refractivity contribution in [2.24, 2.45) is 5.92 Å². The Morgan fingerprint density at radius 3 is 2.70 bits per heavy atom. The zero-order chi connectivity index (χ0) is 14.1. The molecule has 1 aromatic carbocycles. The molecule has 3 rings (SSSR count). The molecule has 20 heavy (non-hydrogen) atoms. The number of aliphatic carboxylic acids is 1. The first-order chi connectivity index (χ1) is 9.65. The Kier molecular flexibility index (Phi) is 3.18. The van der Waals surface area contributed by atoms with Crippen molar-refractivity contribution in [2.45, 2.75) is 12.8 Å². The van der Waals surface area contributed by atoms with Crippen LogP contribution in [-0.4, -0.2) is 34.3 Å². The fourth-order valence-electron chi connectivity index (χ4n) is 2.73. The van der Waals surface area contributed by atoms with E-state index in [9.17, 15) is 9.90 Å². The van der Waals surface area contributed by atoms with Crippen LogP contribution in [0.1, 0.15) is 12.8 Å². The minimum absolute atomic E-state index is 0.215. The van der Waals surface area contributed by atoms with Gasteiger partial charge in [0.25, 0.3) is 0 Å². The second-order valence-electron chi connectivity index (χ2n) is 5.14. The normalized spacial score (nSPS) is 16.5. The number of anilines is 1. The molecule has 2 heterocycles. The van der Waals surface area contributed by atoms with Gasteiger partial charge in [-0.25, -0.2) is 4.98 Å². The molecular formula is C15H16N2O3. The molecule has 2 aromatic rings. The van der Waals surface area contributed by atoms with E-state index in [4.69, 9.17) is 5.11 Å². The molecule has 1 aliphatic heterocycles. The van der Waals surface area contributed by atoms with Gasteiger partial charge in [0.1, 0.15) is 11.6 Å². The Labute approximate surface area is 116 Å². The Balaban J connectivity index is 1.91. The fraction of sp³-hybridized carbons (Fsp3) is 0.333. The summed E-state index contributed by atoms with van der Waals surface area (Å²) in [4.78, 5) is 17.5. The van der Waals surface area contributed by atoms with Crippen molar-refractivity contribution in [1.82, 2.24) is 4.98 Å². The molecule has 1 fully saturated rings. The lowest BCUT2D eigenvalue weighted by atomic mass is 9.97. The smallest absolute Gasteiger partial charge is 0.306 e. The number of nitrogens with zero attached hydrogens (tertiary/aromatic N) is 2. The van der Waals surface area contributed by atoms with Crippen molar-refractivity contribution >= 4 is 22.6 Å². The summed E-state index contributed by atoms with van der Waals surface area (Å²) in [6.07, 6.45) is 3.01. The highest BCUT2D eigenvalue weighted by molar-refractivity contribution is 5.93. The number of phenols is 1. The van der Waals surface area contributed by atoms with E-state index in [1.165, 1.54) is 0 Å². The second kappa shape index (κ2) is 5.00. The molecule has 1 aromatic heterocycles. The number of rotatable bonds is 2. The lowest BCUT2D eigenvalue weighted by molar-refractivity contribution is -0.142. The molecule has 2 N–H and O–H groups in total. The minimum Gasteiger partial charge on any atom is -0.508 e. The summed E-state index contributed by atoms with van der Waals surface area (Å²) in [7, 11) is 0. The van der Waals surface area contributed by atoms with E-state index < -0.39 is 5.97 Å². The van der Waals surface area contributed by atoms with Gasteiger partial charge < -0.3 is 15.1 Å². The number of aromatic nitrogens is 1. The van der Waals surface area contributed by atoms with Crippen LogP contribution in [0.4, 0.5) is 5.82 Å². The molecule has 0 radical (unpaired) electrons. The van der Waals surface area contributed by atoms with E-state index in [-0.39, 0.29) is 11.7 Å². The Bertz CT molecular complexity index is 649. The number of hydrogen-bond acceptors (Lipinski definition) is 4. The predicted molar refractivity (Wildman–Crippen MR) is 76.0 cm³/mol. The molecule has 0 amide bonds. The number of carbonyl (C=O) groups is 1. The molecular weight excluding hydrogens is 256 g/mol. The lowest BCUT2D eigenvalue weighted by Gasteiger charge is -2.31. The van der Waals surface area contributed by atoms with Crippen LogP contribution in [0.25, 0.3) is 10.8 Å². The van der Waals surface area contributed by atoms with Gasteiger partial charge in [0.2, 0.25) is 0 Å². The SMILES string of the molecule is O=C(O)C1CCN(c2nccc3ccc(O)cc23)CC1. The van der Waals surface area contributed by atoms with Gasteiger partial charge >= 0.3 is 5.97 Å². The Hall–Kier alpha value is -2.30. The summed E-state index contributed by atoms with van der Waals surface area (Å²) >= 11 is 0. The number of fused-ring (bicyclic) bond motifs is 1. The zero-order valence-electron chi connectivity index (χ0n) is 11.0. The van der Waals surface area contributed by atoms with E-state index >= 15 is 0 Å². The third kappa shape index (κ3) is 2.27. The summed E-state index contributed by atoms with van der Waals surface area (Å²) < 4.78 is 0. The van der Waals surface area contributed by atoms with Crippen molar-refractivity contribution < 1.29 is 15.0 Å². The number of pyridine rings is 1. The molecule has 0 bridgehead atoms. The van der Waals surface area contributed by atoms with Gasteiger partial charge in [0.15, 0.2) is 0 Å². The highest BCUT2D eigenvalue weighted by atomic mass is 16.4. The highest BCUT2D eigenvalue weighted by Gasteiger charge is 2.25. The molecule has 0 spiro atoms. The van der Waals surface area contributed by atoms with Gasteiger partial charge in [-0.2, -0.15) is 0 Å². The van der Waals surface area contributed by atoms with Gasteiger partial charge in [0, 0.05) is 24.7 Å². The van der Waals surface area contributed by atoms with Gasteiger partial charge in [0.05, 0.1) is 5.92 Å². The average molecular weight is 272 g/mol. The Morgan fingerprint density at radius 1 is 1.25 bits per heavy atom. The number of piperidine rings is 1. The van der Waals surface area contributed by atoms with Gasteiger partial charge in [-0.15, -0.1) is 0 Å². The minimum atomic E-state index is -0.715. The third-order valence-electron chi connectivity index (χ3n) is 3.87. The molecule has 0 atom stereocenters. The van der Waals surface area contributed by atoms with Crippen LogP contribution in [0.3, 0.4) is 0 Å². The van der Waals surface area contributed by atoms with E-state index in [1.807, 2.05) is 12.1 Å². The summed E-state index contributed by atoms with van der Waals surface area (Å²) in [5.41, 5.74) is 0. The summed E-state index contributed by atoms with van der Waals surface area (Å²) in [6, 6.07) is 7.13. The van der Waals surface area contributed by atoms with Gasteiger partial charge in [-0.1, -0.05) is 6.07 Å². The molecule has 5 heteroatoms. The highest BCUT2D eigenvalue weighted by Crippen LogP contribution is 2.30. The van der Waals surface area contributed by atoms with E-state index in [2.05, 4.69) is 9.88 Å². The van der Waals surface area contributed by atoms with Crippen LogP contribution in [0.5, 0.6) is 5.75 Å². The number of benzene rings is 1. The number of aromatic hydroxyl groups is 1. The van der Waals surface area contributed by atoms with E-state index in [1.54, 1.807) is 18.3 Å². The van der Waals surface area contributed by atoms with Crippen molar-refractivity contribution in [3.05, 3.63) is 30.5 Å². The summed E-state index contributed by atoms with van der Waals surface area (Å²) in [5.74, 6) is 0.0669. The molecule has 5 nitrogen and oxygen atoms in total. The molecule has 0 unspecified atom stereocenters. The Morgan fingerprint density at radius 2 is 2.00 bits per heavy atom. The quantitative estimate of drug-likeness (QED) is 0.877. The van der Waals surface area contributed by atoms with Gasteiger partial charge in [-0.3, -0.25) is 4.79 Å². The average Bonchev–Trinajstić information content (AvgIpc) is 2.46. The van der Waals surface area contributed by atoms with Crippen molar-refractivity contribution in [2.75, 3.05) is 18.0 Å². The molecule has 0 saturated carbocycles. The topological polar surface area (TPSA) is 73.7 Å².